The van der Waals surface area contributed by atoms with Crippen LogP contribution in [-0.4, -0.2) is 22.0 Å². The summed E-state index contributed by atoms with van der Waals surface area (Å²) in [5.41, 5.74) is 1.20. The molecule has 0 radical (unpaired) electrons. The van der Waals surface area contributed by atoms with E-state index in [1.54, 1.807) is 12.1 Å². The largest absolute Gasteiger partial charge is 0.269 e. The number of thioether (sulfide) groups is 1. The molecule has 0 spiro atoms. The predicted octanol–water partition coefficient (Wildman–Crippen LogP) is 4.31. The number of benzene rings is 1. The van der Waals surface area contributed by atoms with Gasteiger partial charge in [-0.3, -0.25) is 14.5 Å². The number of hydrogen-bond donors (Lipinski definition) is 0. The van der Waals surface area contributed by atoms with Gasteiger partial charge in [0.05, 0.1) is 17.0 Å². The lowest BCUT2D eigenvalue weighted by Crippen LogP contribution is -2.30. The fourth-order valence-electron chi connectivity index (χ4n) is 2.45. The van der Waals surface area contributed by atoms with E-state index in [0.29, 0.717) is 10.5 Å². The number of imide groups is 1. The highest BCUT2D eigenvalue weighted by Gasteiger charge is 2.39. The van der Waals surface area contributed by atoms with Gasteiger partial charge in [0.15, 0.2) is 0 Å². The van der Waals surface area contributed by atoms with E-state index in [4.69, 9.17) is 0 Å². The average molecular weight is 361 g/mol. The lowest BCUT2D eigenvalue weighted by Gasteiger charge is -2.15. The fourth-order valence-corrected chi connectivity index (χ4v) is 4.28. The van der Waals surface area contributed by atoms with Crippen molar-refractivity contribution in [3.05, 3.63) is 62.9 Å². The number of nitrogens with zero attached hydrogens (tertiary/aromatic N) is 1. The van der Waals surface area contributed by atoms with E-state index < -0.39 is 0 Å². The maximum Gasteiger partial charge on any atom is 0.268 e. The van der Waals surface area contributed by atoms with E-state index in [0.717, 1.165) is 10.4 Å². The first-order valence-corrected chi connectivity index (χ1v) is 9.28. The SMILES string of the molecule is CC(C)SC1=C(c2cccs2)C(=O)N(Cc2ccc(F)cc2)C1=O. The number of carbonyl (C=O) groups is 2. The summed E-state index contributed by atoms with van der Waals surface area (Å²) in [4.78, 5) is 28.2. The summed E-state index contributed by atoms with van der Waals surface area (Å²) in [5.74, 6) is -0.896. The molecule has 0 atom stereocenters. The quantitative estimate of drug-likeness (QED) is 0.745. The van der Waals surface area contributed by atoms with E-state index in [1.165, 1.54) is 40.1 Å². The molecule has 0 N–H and O–H groups in total. The Morgan fingerprint density at radius 1 is 1.12 bits per heavy atom. The smallest absolute Gasteiger partial charge is 0.268 e. The number of thiophene rings is 1. The van der Waals surface area contributed by atoms with Crippen LogP contribution in [0.4, 0.5) is 4.39 Å². The molecule has 1 aliphatic heterocycles. The van der Waals surface area contributed by atoms with Crippen LogP contribution in [0.1, 0.15) is 24.3 Å². The normalized spacial score (nSPS) is 15.1. The van der Waals surface area contributed by atoms with Crippen LogP contribution in [0.3, 0.4) is 0 Å². The molecule has 2 aromatic rings. The Hall–Kier alpha value is -1.92. The fraction of sp³-hybridized carbons (Fsp3) is 0.222. The van der Waals surface area contributed by atoms with Crippen molar-refractivity contribution in [2.24, 2.45) is 0 Å². The zero-order chi connectivity index (χ0) is 17.3. The first-order chi connectivity index (χ1) is 11.5. The molecule has 124 valence electrons. The summed E-state index contributed by atoms with van der Waals surface area (Å²) in [6.07, 6.45) is 0. The van der Waals surface area contributed by atoms with Gasteiger partial charge >= 0.3 is 0 Å². The molecule has 1 aromatic carbocycles. The summed E-state index contributed by atoms with van der Waals surface area (Å²) in [6.45, 7) is 4.13. The Bertz CT molecular complexity index is 795. The minimum atomic E-state index is -0.341. The molecular formula is C18H16FNO2S2. The van der Waals surface area contributed by atoms with Gasteiger partial charge in [-0.25, -0.2) is 4.39 Å². The zero-order valence-corrected chi connectivity index (χ0v) is 14.9. The maximum absolute atomic E-state index is 13.0. The Kier molecular flexibility index (Phi) is 4.87. The molecule has 0 aliphatic carbocycles. The van der Waals surface area contributed by atoms with E-state index in [2.05, 4.69) is 0 Å². The van der Waals surface area contributed by atoms with Gasteiger partial charge in [-0.2, -0.15) is 0 Å². The highest BCUT2D eigenvalue weighted by atomic mass is 32.2. The molecule has 0 saturated carbocycles. The second-order valence-electron chi connectivity index (χ2n) is 5.67. The van der Waals surface area contributed by atoms with Gasteiger partial charge in [-0.1, -0.05) is 32.0 Å². The van der Waals surface area contributed by atoms with Crippen LogP contribution in [0.2, 0.25) is 0 Å². The molecule has 2 amide bonds. The second kappa shape index (κ2) is 6.91. The summed E-state index contributed by atoms with van der Waals surface area (Å²) in [7, 11) is 0. The van der Waals surface area contributed by atoms with Crippen LogP contribution >= 0.6 is 23.1 Å². The van der Waals surface area contributed by atoms with Gasteiger partial charge in [-0.05, 0) is 29.1 Å². The number of carbonyl (C=O) groups excluding carboxylic acids is 2. The van der Waals surface area contributed by atoms with Gasteiger partial charge in [0, 0.05) is 10.1 Å². The standard InChI is InChI=1S/C18H16FNO2S2/c1-11(2)24-16-15(14-4-3-9-23-14)17(21)20(18(16)22)10-12-5-7-13(19)8-6-12/h3-9,11H,10H2,1-2H3. The molecule has 0 bridgehead atoms. The number of hydrogen-bond acceptors (Lipinski definition) is 4. The monoisotopic (exact) mass is 361 g/mol. The van der Waals surface area contributed by atoms with E-state index in [1.807, 2.05) is 31.4 Å². The summed E-state index contributed by atoms with van der Waals surface area (Å²) >= 11 is 2.86. The van der Waals surface area contributed by atoms with Crippen LogP contribution in [0.15, 0.2) is 46.7 Å². The van der Waals surface area contributed by atoms with Crippen LogP contribution in [0.25, 0.3) is 5.57 Å². The summed E-state index contributed by atoms with van der Waals surface area (Å²) in [5, 5.41) is 2.08. The van der Waals surface area contributed by atoms with Crippen molar-refractivity contribution in [1.82, 2.24) is 4.90 Å². The Morgan fingerprint density at radius 3 is 2.42 bits per heavy atom. The molecule has 24 heavy (non-hydrogen) atoms. The van der Waals surface area contributed by atoms with Crippen LogP contribution in [0.5, 0.6) is 0 Å². The minimum Gasteiger partial charge on any atom is -0.269 e. The highest BCUT2D eigenvalue weighted by molar-refractivity contribution is 8.04. The lowest BCUT2D eigenvalue weighted by atomic mass is 10.2. The third kappa shape index (κ3) is 3.30. The molecule has 0 unspecified atom stereocenters. The third-order valence-corrected chi connectivity index (χ3v) is 5.47. The van der Waals surface area contributed by atoms with Crippen molar-refractivity contribution in [3.63, 3.8) is 0 Å². The van der Waals surface area contributed by atoms with Gasteiger partial charge in [0.2, 0.25) is 0 Å². The Balaban J connectivity index is 1.93. The molecule has 3 nitrogen and oxygen atoms in total. The summed E-state index contributed by atoms with van der Waals surface area (Å²) < 4.78 is 13.0. The van der Waals surface area contributed by atoms with Gasteiger partial charge in [-0.15, -0.1) is 23.1 Å². The number of halogens is 1. The first kappa shape index (κ1) is 16.9. The lowest BCUT2D eigenvalue weighted by molar-refractivity contribution is -0.137. The van der Waals surface area contributed by atoms with Crippen molar-refractivity contribution in [1.29, 1.82) is 0 Å². The maximum atomic E-state index is 13.0. The van der Waals surface area contributed by atoms with E-state index >= 15 is 0 Å². The van der Waals surface area contributed by atoms with E-state index in [-0.39, 0.29) is 29.4 Å². The van der Waals surface area contributed by atoms with Gasteiger partial charge in [0.1, 0.15) is 5.82 Å². The predicted molar refractivity (Wildman–Crippen MR) is 95.9 cm³/mol. The van der Waals surface area contributed by atoms with Crippen LogP contribution < -0.4 is 0 Å². The molecule has 0 saturated heterocycles. The first-order valence-electron chi connectivity index (χ1n) is 7.53. The van der Waals surface area contributed by atoms with Gasteiger partial charge < -0.3 is 0 Å². The van der Waals surface area contributed by atoms with Crippen molar-refractivity contribution < 1.29 is 14.0 Å². The van der Waals surface area contributed by atoms with Crippen molar-refractivity contribution >= 4 is 40.5 Å². The molecule has 1 aliphatic rings. The van der Waals surface area contributed by atoms with Crippen LogP contribution in [-0.2, 0) is 16.1 Å². The molecular weight excluding hydrogens is 345 g/mol. The Morgan fingerprint density at radius 2 is 1.83 bits per heavy atom. The van der Waals surface area contributed by atoms with Gasteiger partial charge in [0.25, 0.3) is 11.8 Å². The highest BCUT2D eigenvalue weighted by Crippen LogP contribution is 2.39. The molecule has 6 heteroatoms. The molecule has 3 rings (SSSR count). The second-order valence-corrected chi connectivity index (χ2v) is 8.21. The van der Waals surface area contributed by atoms with Crippen molar-refractivity contribution in [3.8, 4) is 0 Å². The van der Waals surface area contributed by atoms with Crippen molar-refractivity contribution in [2.75, 3.05) is 0 Å². The molecule has 1 aromatic heterocycles. The number of amides is 2. The topological polar surface area (TPSA) is 37.4 Å². The summed E-state index contributed by atoms with van der Waals surface area (Å²) in [6, 6.07) is 9.57. The minimum absolute atomic E-state index is 0.148. The number of rotatable bonds is 5. The molecule has 0 fully saturated rings. The van der Waals surface area contributed by atoms with Crippen LogP contribution in [0, 0.1) is 5.82 Å². The third-order valence-electron chi connectivity index (χ3n) is 3.50. The Labute approximate surface area is 148 Å². The molecule has 2 heterocycles. The van der Waals surface area contributed by atoms with Crippen molar-refractivity contribution in [2.45, 2.75) is 25.6 Å². The average Bonchev–Trinajstić information content (AvgIpc) is 3.12. The van der Waals surface area contributed by atoms with E-state index in [9.17, 15) is 14.0 Å². The zero-order valence-electron chi connectivity index (χ0n) is 13.3.